The molecular formula is C13H13FN2O2. The molecule has 0 aliphatic carbocycles. The molecule has 94 valence electrons. The van der Waals surface area contributed by atoms with E-state index in [0.717, 1.165) is 5.69 Å². The lowest BCUT2D eigenvalue weighted by Gasteiger charge is -2.01. The zero-order chi connectivity index (χ0) is 13.1. The molecule has 1 amide bonds. The van der Waals surface area contributed by atoms with Gasteiger partial charge in [-0.3, -0.25) is 10.1 Å². The summed E-state index contributed by atoms with van der Waals surface area (Å²) >= 11 is 0. The van der Waals surface area contributed by atoms with Gasteiger partial charge in [-0.2, -0.15) is 0 Å². The maximum absolute atomic E-state index is 13.4. The number of halogens is 1. The number of carbonyl (C=O) groups excluding carboxylic acids is 1. The van der Waals surface area contributed by atoms with E-state index in [1.807, 2.05) is 13.8 Å². The van der Waals surface area contributed by atoms with Gasteiger partial charge in [-0.25, -0.2) is 4.39 Å². The van der Waals surface area contributed by atoms with Crippen LogP contribution in [-0.4, -0.2) is 11.1 Å². The summed E-state index contributed by atoms with van der Waals surface area (Å²) in [5.41, 5.74) is 0.707. The number of hydrogen-bond acceptors (Lipinski definition) is 3. The van der Waals surface area contributed by atoms with Crippen LogP contribution in [0.2, 0.25) is 0 Å². The smallest absolute Gasteiger partial charge is 0.261 e. The van der Waals surface area contributed by atoms with Crippen molar-refractivity contribution in [3.63, 3.8) is 0 Å². The van der Waals surface area contributed by atoms with Gasteiger partial charge in [0, 0.05) is 6.07 Å². The maximum atomic E-state index is 13.4. The molecule has 0 fully saturated rings. The van der Waals surface area contributed by atoms with Crippen LogP contribution in [0.3, 0.4) is 0 Å². The molecule has 0 aliphatic rings. The minimum absolute atomic E-state index is 0.0278. The lowest BCUT2D eigenvalue weighted by Crippen LogP contribution is -2.13. The highest BCUT2D eigenvalue weighted by atomic mass is 19.1. The highest BCUT2D eigenvalue weighted by Gasteiger charge is 2.14. The Kier molecular flexibility index (Phi) is 3.41. The van der Waals surface area contributed by atoms with E-state index >= 15 is 0 Å². The summed E-state index contributed by atoms with van der Waals surface area (Å²) < 4.78 is 18.3. The summed E-state index contributed by atoms with van der Waals surface area (Å²) in [5, 5.41) is 6.27. The first-order chi connectivity index (χ1) is 8.58. The Balaban J connectivity index is 2.14. The van der Waals surface area contributed by atoms with Gasteiger partial charge in [-0.15, -0.1) is 0 Å². The fourth-order valence-electron chi connectivity index (χ4n) is 1.44. The Morgan fingerprint density at radius 3 is 2.72 bits per heavy atom. The summed E-state index contributed by atoms with van der Waals surface area (Å²) in [7, 11) is 0. The summed E-state index contributed by atoms with van der Waals surface area (Å²) in [4.78, 5) is 11.8. The van der Waals surface area contributed by atoms with Crippen LogP contribution in [0.15, 0.2) is 34.9 Å². The van der Waals surface area contributed by atoms with Crippen molar-refractivity contribution in [1.82, 2.24) is 5.16 Å². The molecule has 4 nitrogen and oxygen atoms in total. The van der Waals surface area contributed by atoms with Crippen LogP contribution in [-0.2, 0) is 0 Å². The second-order valence-electron chi connectivity index (χ2n) is 4.20. The highest BCUT2D eigenvalue weighted by molar-refractivity contribution is 6.03. The van der Waals surface area contributed by atoms with Crippen molar-refractivity contribution in [2.24, 2.45) is 0 Å². The number of hydrogen-bond donors (Lipinski definition) is 1. The van der Waals surface area contributed by atoms with E-state index in [4.69, 9.17) is 4.52 Å². The number of carbonyl (C=O) groups is 1. The molecule has 0 saturated carbocycles. The molecule has 1 heterocycles. The quantitative estimate of drug-likeness (QED) is 0.907. The SMILES string of the molecule is CC(C)c1cc(NC(=O)c2ccccc2F)on1. The predicted molar refractivity (Wildman–Crippen MR) is 64.9 cm³/mol. The van der Waals surface area contributed by atoms with Gasteiger partial charge in [0.2, 0.25) is 5.88 Å². The molecule has 2 rings (SSSR count). The molecule has 5 heteroatoms. The molecule has 18 heavy (non-hydrogen) atoms. The van der Waals surface area contributed by atoms with E-state index in [2.05, 4.69) is 10.5 Å². The van der Waals surface area contributed by atoms with Crippen LogP contribution >= 0.6 is 0 Å². The molecule has 0 saturated heterocycles. The van der Waals surface area contributed by atoms with E-state index in [-0.39, 0.29) is 17.4 Å². The van der Waals surface area contributed by atoms with Crippen LogP contribution in [0, 0.1) is 5.82 Å². The molecule has 0 unspecified atom stereocenters. The number of amides is 1. The third-order valence-electron chi connectivity index (χ3n) is 2.48. The van der Waals surface area contributed by atoms with Gasteiger partial charge in [0.05, 0.1) is 11.3 Å². The lowest BCUT2D eigenvalue weighted by molar-refractivity contribution is 0.102. The van der Waals surface area contributed by atoms with Crippen LogP contribution in [0.1, 0.15) is 35.8 Å². The molecule has 1 N–H and O–H groups in total. The minimum atomic E-state index is -0.571. The normalized spacial score (nSPS) is 10.7. The van der Waals surface area contributed by atoms with Crippen molar-refractivity contribution >= 4 is 11.8 Å². The molecule has 0 spiro atoms. The molecule has 0 aliphatic heterocycles. The van der Waals surface area contributed by atoms with Gasteiger partial charge >= 0.3 is 0 Å². The summed E-state index contributed by atoms with van der Waals surface area (Å²) in [6.45, 7) is 3.92. The minimum Gasteiger partial charge on any atom is -0.338 e. The predicted octanol–water partition coefficient (Wildman–Crippen LogP) is 3.19. The lowest BCUT2D eigenvalue weighted by atomic mass is 10.1. The zero-order valence-corrected chi connectivity index (χ0v) is 10.1. The Hall–Kier alpha value is -2.17. The third-order valence-corrected chi connectivity index (χ3v) is 2.48. The van der Waals surface area contributed by atoms with Crippen molar-refractivity contribution in [2.45, 2.75) is 19.8 Å². The molecule has 0 bridgehead atoms. The van der Waals surface area contributed by atoms with E-state index in [0.29, 0.717) is 0 Å². The monoisotopic (exact) mass is 248 g/mol. The van der Waals surface area contributed by atoms with Gasteiger partial charge in [-0.05, 0) is 18.1 Å². The van der Waals surface area contributed by atoms with Crippen molar-refractivity contribution in [1.29, 1.82) is 0 Å². The number of rotatable bonds is 3. The molecule has 1 aromatic carbocycles. The average Bonchev–Trinajstić information content (AvgIpc) is 2.78. The first-order valence-electron chi connectivity index (χ1n) is 5.60. The number of nitrogens with zero attached hydrogens (tertiary/aromatic N) is 1. The molecule has 2 aromatic rings. The largest absolute Gasteiger partial charge is 0.338 e. The second-order valence-corrected chi connectivity index (χ2v) is 4.20. The second kappa shape index (κ2) is 5.00. The van der Waals surface area contributed by atoms with E-state index < -0.39 is 11.7 Å². The number of benzene rings is 1. The van der Waals surface area contributed by atoms with Crippen molar-refractivity contribution < 1.29 is 13.7 Å². The van der Waals surface area contributed by atoms with Crippen LogP contribution in [0.5, 0.6) is 0 Å². The van der Waals surface area contributed by atoms with Crippen LogP contribution in [0.25, 0.3) is 0 Å². The topological polar surface area (TPSA) is 55.1 Å². The molecule has 0 radical (unpaired) electrons. The van der Waals surface area contributed by atoms with Crippen LogP contribution in [0.4, 0.5) is 10.3 Å². The maximum Gasteiger partial charge on any atom is 0.261 e. The van der Waals surface area contributed by atoms with Gasteiger partial charge in [0.25, 0.3) is 5.91 Å². The van der Waals surface area contributed by atoms with Crippen molar-refractivity contribution in [3.8, 4) is 0 Å². The van der Waals surface area contributed by atoms with Gasteiger partial charge in [0.15, 0.2) is 0 Å². The van der Waals surface area contributed by atoms with Gasteiger partial charge in [-0.1, -0.05) is 31.1 Å². The molecule has 0 atom stereocenters. The number of anilines is 1. The average molecular weight is 248 g/mol. The fourth-order valence-corrected chi connectivity index (χ4v) is 1.44. The van der Waals surface area contributed by atoms with Crippen LogP contribution < -0.4 is 5.32 Å². The first-order valence-corrected chi connectivity index (χ1v) is 5.60. The third kappa shape index (κ3) is 2.56. The van der Waals surface area contributed by atoms with Gasteiger partial charge in [0.1, 0.15) is 5.82 Å². The Morgan fingerprint density at radius 1 is 1.39 bits per heavy atom. The Morgan fingerprint density at radius 2 is 2.11 bits per heavy atom. The number of aromatic nitrogens is 1. The standard InChI is InChI=1S/C13H13FN2O2/c1-8(2)11-7-12(18-16-11)15-13(17)9-5-3-4-6-10(9)14/h3-8H,1-2H3,(H,15,17). The summed E-state index contributed by atoms with van der Waals surface area (Å²) in [6.07, 6.45) is 0. The highest BCUT2D eigenvalue weighted by Crippen LogP contribution is 2.18. The van der Waals surface area contributed by atoms with Gasteiger partial charge < -0.3 is 4.52 Å². The van der Waals surface area contributed by atoms with Crippen molar-refractivity contribution in [2.75, 3.05) is 5.32 Å². The van der Waals surface area contributed by atoms with E-state index in [1.54, 1.807) is 12.1 Å². The van der Waals surface area contributed by atoms with E-state index in [1.165, 1.54) is 18.2 Å². The zero-order valence-electron chi connectivity index (χ0n) is 10.1. The molecular weight excluding hydrogens is 235 g/mol. The molecule has 1 aromatic heterocycles. The summed E-state index contributed by atoms with van der Waals surface area (Å²) in [6, 6.07) is 7.39. The summed E-state index contributed by atoms with van der Waals surface area (Å²) in [5.74, 6) is -0.710. The first kappa shape index (κ1) is 12.3. The van der Waals surface area contributed by atoms with Crippen molar-refractivity contribution in [3.05, 3.63) is 47.4 Å². The Bertz CT molecular complexity index is 564. The van der Waals surface area contributed by atoms with E-state index in [9.17, 15) is 9.18 Å². The fraction of sp³-hybridized carbons (Fsp3) is 0.231. The Labute approximate surface area is 104 Å². The number of nitrogens with one attached hydrogen (secondary N) is 1.